The molecule has 1 aromatic rings. The van der Waals surface area contributed by atoms with E-state index < -0.39 is 0 Å². The Labute approximate surface area is 182 Å². The van der Waals surface area contributed by atoms with Gasteiger partial charge in [0.1, 0.15) is 0 Å². The summed E-state index contributed by atoms with van der Waals surface area (Å²) < 4.78 is 11.9. The highest BCUT2D eigenvalue weighted by molar-refractivity contribution is 5.94. The van der Waals surface area contributed by atoms with E-state index in [1.54, 1.807) is 0 Å². The maximum absolute atomic E-state index is 12.8. The van der Waals surface area contributed by atoms with E-state index in [4.69, 9.17) is 9.47 Å². The van der Waals surface area contributed by atoms with Gasteiger partial charge in [0.05, 0.1) is 24.9 Å². The summed E-state index contributed by atoms with van der Waals surface area (Å²) in [5, 5.41) is 0. The average molecular weight is 418 g/mol. The van der Waals surface area contributed by atoms with E-state index in [9.17, 15) is 4.79 Å². The Morgan fingerprint density at radius 3 is 2.37 bits per heavy atom. The highest BCUT2D eigenvalue weighted by atomic mass is 16.5. The van der Waals surface area contributed by atoms with Crippen molar-refractivity contribution < 1.29 is 14.3 Å². The normalized spacial score (nSPS) is 23.5. The van der Waals surface area contributed by atoms with Gasteiger partial charge in [-0.15, -0.1) is 0 Å². The van der Waals surface area contributed by atoms with E-state index in [0.29, 0.717) is 12.2 Å². The fraction of sp³-hybridized carbons (Fsp3) is 0.708. The standard InChI is InChI=1S/C24H39N3O3/c1-5-12-25(4)22-8-6-21(7-9-22)24(28)27-13-10-23(11-14-27)29-16-15-26-17-19(2)30-20(3)18-26/h6-9,19-20,23H,5,10-18H2,1-4H3/t19-,20+. The Kier molecular flexibility index (Phi) is 8.54. The summed E-state index contributed by atoms with van der Waals surface area (Å²) in [5.41, 5.74) is 1.93. The molecule has 168 valence electrons. The minimum absolute atomic E-state index is 0.134. The Morgan fingerprint density at radius 1 is 1.13 bits per heavy atom. The molecule has 1 amide bonds. The Bertz CT molecular complexity index is 648. The van der Waals surface area contributed by atoms with Crippen molar-refractivity contribution in [2.45, 2.75) is 58.3 Å². The molecule has 0 bridgehead atoms. The van der Waals surface area contributed by atoms with Crippen LogP contribution in [0.4, 0.5) is 5.69 Å². The Morgan fingerprint density at radius 2 is 1.77 bits per heavy atom. The second kappa shape index (κ2) is 11.1. The number of hydrogen-bond acceptors (Lipinski definition) is 5. The molecular formula is C24H39N3O3. The largest absolute Gasteiger partial charge is 0.377 e. The van der Waals surface area contributed by atoms with E-state index in [1.807, 2.05) is 29.2 Å². The third-order valence-electron chi connectivity index (χ3n) is 6.10. The molecule has 3 rings (SSSR count). The molecule has 2 aliphatic rings. The molecule has 0 N–H and O–H groups in total. The van der Waals surface area contributed by atoms with Crippen molar-refractivity contribution in [2.24, 2.45) is 0 Å². The van der Waals surface area contributed by atoms with Gasteiger partial charge in [-0.25, -0.2) is 0 Å². The van der Waals surface area contributed by atoms with Crippen molar-refractivity contribution in [3.63, 3.8) is 0 Å². The molecule has 30 heavy (non-hydrogen) atoms. The number of hydrogen-bond donors (Lipinski definition) is 0. The maximum Gasteiger partial charge on any atom is 0.253 e. The Hall–Kier alpha value is -1.63. The molecule has 6 nitrogen and oxygen atoms in total. The van der Waals surface area contributed by atoms with Gasteiger partial charge in [-0.05, 0) is 57.4 Å². The molecule has 2 aliphatic heterocycles. The summed E-state index contributed by atoms with van der Waals surface area (Å²) in [7, 11) is 2.09. The molecule has 2 atom stereocenters. The van der Waals surface area contributed by atoms with Gasteiger partial charge in [0.2, 0.25) is 0 Å². The van der Waals surface area contributed by atoms with E-state index in [1.165, 1.54) is 0 Å². The van der Waals surface area contributed by atoms with Gasteiger partial charge < -0.3 is 19.3 Å². The van der Waals surface area contributed by atoms with Crippen molar-refractivity contribution in [3.8, 4) is 0 Å². The molecule has 1 aromatic carbocycles. The van der Waals surface area contributed by atoms with Gasteiger partial charge in [-0.1, -0.05) is 6.92 Å². The van der Waals surface area contributed by atoms with Gasteiger partial charge in [0.15, 0.2) is 0 Å². The van der Waals surface area contributed by atoms with Crippen molar-refractivity contribution >= 4 is 11.6 Å². The molecular weight excluding hydrogens is 378 g/mol. The first-order chi connectivity index (χ1) is 14.5. The van der Waals surface area contributed by atoms with Crippen LogP contribution in [-0.2, 0) is 9.47 Å². The lowest BCUT2D eigenvalue weighted by Gasteiger charge is -2.36. The highest BCUT2D eigenvalue weighted by Crippen LogP contribution is 2.19. The highest BCUT2D eigenvalue weighted by Gasteiger charge is 2.25. The summed E-state index contributed by atoms with van der Waals surface area (Å²) in [6.45, 7) is 12.7. The van der Waals surface area contributed by atoms with Crippen LogP contribution in [0.5, 0.6) is 0 Å². The zero-order chi connectivity index (χ0) is 21.5. The number of ether oxygens (including phenoxy) is 2. The lowest BCUT2D eigenvalue weighted by atomic mass is 10.1. The summed E-state index contributed by atoms with van der Waals surface area (Å²) in [5.74, 6) is 0.134. The number of morpholine rings is 1. The summed E-state index contributed by atoms with van der Waals surface area (Å²) in [6, 6.07) is 8.01. The second-order valence-corrected chi connectivity index (χ2v) is 8.85. The third kappa shape index (κ3) is 6.43. The van der Waals surface area contributed by atoms with Crippen LogP contribution < -0.4 is 4.90 Å². The number of rotatable bonds is 8. The first-order valence-corrected chi connectivity index (χ1v) is 11.6. The SMILES string of the molecule is CCCN(C)c1ccc(C(=O)N2CCC(OCCN3C[C@@H](C)O[C@@H](C)C3)CC2)cc1. The minimum Gasteiger partial charge on any atom is -0.377 e. The number of anilines is 1. The zero-order valence-corrected chi connectivity index (χ0v) is 19.2. The lowest BCUT2D eigenvalue weighted by Crippen LogP contribution is -2.47. The topological polar surface area (TPSA) is 45.2 Å². The van der Waals surface area contributed by atoms with Gasteiger partial charge in [0.25, 0.3) is 5.91 Å². The van der Waals surface area contributed by atoms with Crippen LogP contribution in [0, 0.1) is 0 Å². The molecule has 0 saturated carbocycles. The van der Waals surface area contributed by atoms with E-state index in [2.05, 4.69) is 37.6 Å². The van der Waals surface area contributed by atoms with Gasteiger partial charge in [-0.2, -0.15) is 0 Å². The summed E-state index contributed by atoms with van der Waals surface area (Å²) in [6.07, 6.45) is 3.79. The fourth-order valence-electron chi connectivity index (χ4n) is 4.55. The number of likely N-dealkylation sites (tertiary alicyclic amines) is 1. The van der Waals surface area contributed by atoms with Crippen LogP contribution in [0.25, 0.3) is 0 Å². The predicted octanol–water partition coefficient (Wildman–Crippen LogP) is 3.26. The predicted molar refractivity (Wildman–Crippen MR) is 121 cm³/mol. The monoisotopic (exact) mass is 417 g/mol. The first-order valence-electron chi connectivity index (χ1n) is 11.6. The van der Waals surface area contributed by atoms with Gasteiger partial charge in [0, 0.05) is 57.6 Å². The molecule has 0 aliphatic carbocycles. The lowest BCUT2D eigenvalue weighted by molar-refractivity contribution is -0.0780. The molecule has 0 radical (unpaired) electrons. The number of carbonyl (C=O) groups excluding carboxylic acids is 1. The van der Waals surface area contributed by atoms with Crippen LogP contribution >= 0.6 is 0 Å². The summed E-state index contributed by atoms with van der Waals surface area (Å²) >= 11 is 0. The molecule has 2 saturated heterocycles. The first kappa shape index (κ1) is 23.0. The van der Waals surface area contributed by atoms with Crippen molar-refractivity contribution in [1.29, 1.82) is 0 Å². The van der Waals surface area contributed by atoms with E-state index >= 15 is 0 Å². The molecule has 6 heteroatoms. The number of nitrogens with zero attached hydrogens (tertiary/aromatic N) is 3. The third-order valence-corrected chi connectivity index (χ3v) is 6.10. The maximum atomic E-state index is 12.8. The fourth-order valence-corrected chi connectivity index (χ4v) is 4.55. The van der Waals surface area contributed by atoms with Crippen molar-refractivity contribution in [2.75, 3.05) is 57.8 Å². The van der Waals surface area contributed by atoms with E-state index in [-0.39, 0.29) is 12.0 Å². The molecule has 2 fully saturated rings. The average Bonchev–Trinajstić information content (AvgIpc) is 2.73. The smallest absolute Gasteiger partial charge is 0.253 e. The van der Waals surface area contributed by atoms with Crippen LogP contribution in [0.15, 0.2) is 24.3 Å². The molecule has 0 unspecified atom stereocenters. The van der Waals surface area contributed by atoms with E-state index in [0.717, 1.165) is 76.4 Å². The van der Waals surface area contributed by atoms with Gasteiger partial charge >= 0.3 is 0 Å². The van der Waals surface area contributed by atoms with Crippen LogP contribution in [-0.4, -0.2) is 86.9 Å². The van der Waals surface area contributed by atoms with Crippen molar-refractivity contribution in [3.05, 3.63) is 29.8 Å². The number of benzene rings is 1. The van der Waals surface area contributed by atoms with Crippen LogP contribution in [0.3, 0.4) is 0 Å². The van der Waals surface area contributed by atoms with Crippen LogP contribution in [0.1, 0.15) is 50.4 Å². The molecule has 0 aromatic heterocycles. The number of amides is 1. The molecule has 0 spiro atoms. The Balaban J connectivity index is 1.39. The minimum atomic E-state index is 0.134. The zero-order valence-electron chi connectivity index (χ0n) is 19.2. The molecule has 2 heterocycles. The number of carbonyl (C=O) groups is 1. The van der Waals surface area contributed by atoms with Gasteiger partial charge in [-0.3, -0.25) is 9.69 Å². The number of piperidine rings is 1. The quantitative estimate of drug-likeness (QED) is 0.650. The second-order valence-electron chi connectivity index (χ2n) is 8.85. The van der Waals surface area contributed by atoms with Crippen LogP contribution in [0.2, 0.25) is 0 Å². The van der Waals surface area contributed by atoms with Crippen molar-refractivity contribution in [1.82, 2.24) is 9.80 Å². The summed E-state index contributed by atoms with van der Waals surface area (Å²) in [4.78, 5) is 19.5.